The molecule has 3 aromatic heterocycles. The summed E-state index contributed by atoms with van der Waals surface area (Å²) in [5.41, 5.74) is 2.87. The standard InChI is InChI=1S/C30H25FN4O3S/c1-2-34-17-24(33-18-34)28-16-23-29(39-28)27(10-12-32-23)38-26-9-8-19(14-22(26)31)15-25(36)21-11-13-35(30(21)37)20-6-4-3-5-7-20/h3-10,12,14,16-18,21H,2,11,13,15H2,1H3. The molecular formula is C30H25FN4O3S. The first-order valence-electron chi connectivity index (χ1n) is 12.8. The van der Waals surface area contributed by atoms with Crippen LogP contribution in [0.1, 0.15) is 18.9 Å². The number of anilines is 1. The number of aromatic nitrogens is 3. The number of thiophene rings is 1. The number of nitrogens with zero attached hydrogens (tertiary/aromatic N) is 4. The van der Waals surface area contributed by atoms with Crippen molar-refractivity contribution in [2.45, 2.75) is 26.3 Å². The van der Waals surface area contributed by atoms with Crippen molar-refractivity contribution in [2.24, 2.45) is 5.92 Å². The van der Waals surface area contributed by atoms with Gasteiger partial charge in [-0.2, -0.15) is 0 Å². The Hall–Kier alpha value is -4.37. The average Bonchev–Trinajstić information content (AvgIpc) is 3.69. The van der Waals surface area contributed by atoms with Gasteiger partial charge in [0.15, 0.2) is 11.6 Å². The maximum atomic E-state index is 15.1. The monoisotopic (exact) mass is 540 g/mol. The summed E-state index contributed by atoms with van der Waals surface area (Å²) >= 11 is 1.48. The Labute approximate surface area is 228 Å². The van der Waals surface area contributed by atoms with Gasteiger partial charge < -0.3 is 14.2 Å². The molecule has 2 aromatic carbocycles. The second kappa shape index (κ2) is 10.4. The molecule has 196 valence electrons. The number of fused-ring (bicyclic) bond motifs is 1. The van der Waals surface area contributed by atoms with Crippen LogP contribution in [0.2, 0.25) is 0 Å². The molecule has 0 saturated carbocycles. The number of benzene rings is 2. The van der Waals surface area contributed by atoms with Crippen molar-refractivity contribution in [3.8, 4) is 22.1 Å². The minimum absolute atomic E-state index is 0.0194. The van der Waals surface area contributed by atoms with E-state index in [9.17, 15) is 9.59 Å². The van der Waals surface area contributed by atoms with Gasteiger partial charge in [0, 0.05) is 43.7 Å². The first-order chi connectivity index (χ1) is 19.0. The summed E-state index contributed by atoms with van der Waals surface area (Å²) in [5.74, 6) is -1.16. The van der Waals surface area contributed by atoms with Crippen LogP contribution in [0.15, 0.2) is 79.4 Å². The number of amides is 1. The number of ketones is 1. The lowest BCUT2D eigenvalue weighted by molar-refractivity contribution is -0.130. The molecule has 4 heterocycles. The van der Waals surface area contributed by atoms with E-state index in [4.69, 9.17) is 4.74 Å². The molecule has 1 aliphatic rings. The van der Waals surface area contributed by atoms with Crippen LogP contribution in [0.25, 0.3) is 20.8 Å². The van der Waals surface area contributed by atoms with E-state index in [2.05, 4.69) is 9.97 Å². The first-order valence-corrected chi connectivity index (χ1v) is 13.6. The number of para-hydroxylation sites is 1. The highest BCUT2D eigenvalue weighted by atomic mass is 32.1. The van der Waals surface area contributed by atoms with Crippen molar-refractivity contribution >= 4 is 38.9 Å². The van der Waals surface area contributed by atoms with E-state index >= 15 is 4.39 Å². The van der Waals surface area contributed by atoms with E-state index in [-0.39, 0.29) is 23.9 Å². The highest BCUT2D eigenvalue weighted by Gasteiger charge is 2.37. The molecule has 0 spiro atoms. The van der Waals surface area contributed by atoms with Gasteiger partial charge in [-0.25, -0.2) is 9.37 Å². The normalized spacial score (nSPS) is 15.3. The molecule has 0 N–H and O–H groups in total. The van der Waals surface area contributed by atoms with Gasteiger partial charge in [-0.1, -0.05) is 24.3 Å². The highest BCUT2D eigenvalue weighted by molar-refractivity contribution is 7.22. The number of halogens is 1. The molecule has 39 heavy (non-hydrogen) atoms. The summed E-state index contributed by atoms with van der Waals surface area (Å²) in [6.07, 6.45) is 5.82. The van der Waals surface area contributed by atoms with Gasteiger partial charge in [-0.05, 0) is 49.2 Å². The Balaban J connectivity index is 1.16. The number of pyridine rings is 1. The third kappa shape index (κ3) is 4.93. The molecule has 7 nitrogen and oxygen atoms in total. The predicted octanol–water partition coefficient (Wildman–Crippen LogP) is 6.28. The lowest BCUT2D eigenvalue weighted by Crippen LogP contribution is -2.30. The fraction of sp³-hybridized carbons (Fsp3) is 0.200. The van der Waals surface area contributed by atoms with Gasteiger partial charge in [-0.3, -0.25) is 14.6 Å². The van der Waals surface area contributed by atoms with Crippen LogP contribution in [-0.2, 0) is 22.6 Å². The van der Waals surface area contributed by atoms with Crippen LogP contribution >= 0.6 is 11.3 Å². The molecule has 1 atom stereocenters. The fourth-order valence-corrected chi connectivity index (χ4v) is 5.83. The zero-order valence-corrected chi connectivity index (χ0v) is 22.0. The minimum Gasteiger partial charge on any atom is -0.453 e. The number of Topliss-reactive ketones (excluding diaryl/α,β-unsaturated/α-hetero) is 1. The maximum absolute atomic E-state index is 15.1. The molecule has 1 fully saturated rings. The smallest absolute Gasteiger partial charge is 0.237 e. The minimum atomic E-state index is -0.717. The number of aryl methyl sites for hydroxylation is 1. The summed E-state index contributed by atoms with van der Waals surface area (Å²) in [5, 5.41) is 0. The summed E-state index contributed by atoms with van der Waals surface area (Å²) in [7, 11) is 0. The first kappa shape index (κ1) is 24.9. The SMILES string of the molecule is CCn1cnc(-c2cc3nccc(Oc4ccc(CC(=O)C5CCN(c6ccccc6)C5=O)cc4F)c3s2)c1. The zero-order valence-electron chi connectivity index (χ0n) is 21.2. The maximum Gasteiger partial charge on any atom is 0.237 e. The number of rotatable bonds is 8. The van der Waals surface area contributed by atoms with Crippen molar-refractivity contribution in [1.82, 2.24) is 14.5 Å². The second-order valence-electron chi connectivity index (χ2n) is 9.40. The summed E-state index contributed by atoms with van der Waals surface area (Å²) in [6, 6.07) is 17.5. The Bertz CT molecular complexity index is 1680. The van der Waals surface area contributed by atoms with Crippen molar-refractivity contribution in [2.75, 3.05) is 11.4 Å². The van der Waals surface area contributed by atoms with Crippen molar-refractivity contribution in [3.05, 3.63) is 90.8 Å². The van der Waals surface area contributed by atoms with Crippen LogP contribution in [0, 0.1) is 11.7 Å². The summed E-state index contributed by atoms with van der Waals surface area (Å²) in [6.45, 7) is 3.37. The quantitative estimate of drug-likeness (QED) is 0.217. The molecule has 5 aromatic rings. The Morgan fingerprint density at radius 3 is 2.72 bits per heavy atom. The highest BCUT2D eigenvalue weighted by Crippen LogP contribution is 2.39. The van der Waals surface area contributed by atoms with Crippen LogP contribution in [0.3, 0.4) is 0 Å². The Morgan fingerprint density at radius 1 is 1.10 bits per heavy atom. The van der Waals surface area contributed by atoms with Gasteiger partial charge in [0.2, 0.25) is 5.91 Å². The zero-order chi connectivity index (χ0) is 26.9. The number of ether oxygens (including phenoxy) is 1. The molecule has 0 radical (unpaired) electrons. The number of carbonyl (C=O) groups is 2. The van der Waals surface area contributed by atoms with Crippen LogP contribution in [0.4, 0.5) is 10.1 Å². The number of imidazole rings is 1. The molecule has 1 saturated heterocycles. The van der Waals surface area contributed by atoms with Gasteiger partial charge >= 0.3 is 0 Å². The van der Waals surface area contributed by atoms with Crippen LogP contribution in [-0.4, -0.2) is 32.8 Å². The van der Waals surface area contributed by atoms with E-state index in [1.165, 1.54) is 23.5 Å². The lowest BCUT2D eigenvalue weighted by Gasteiger charge is -2.16. The van der Waals surface area contributed by atoms with Crippen molar-refractivity contribution < 1.29 is 18.7 Å². The van der Waals surface area contributed by atoms with Crippen molar-refractivity contribution in [1.29, 1.82) is 0 Å². The number of hydrogen-bond acceptors (Lipinski definition) is 6. The van der Waals surface area contributed by atoms with Crippen LogP contribution < -0.4 is 9.64 Å². The van der Waals surface area contributed by atoms with Gasteiger partial charge in [0.05, 0.1) is 33.0 Å². The summed E-state index contributed by atoms with van der Waals surface area (Å²) in [4.78, 5) is 37.3. The van der Waals surface area contributed by atoms with E-state index in [0.29, 0.717) is 24.3 Å². The van der Waals surface area contributed by atoms with Gasteiger partial charge in [0.1, 0.15) is 11.5 Å². The molecule has 1 aliphatic heterocycles. The van der Waals surface area contributed by atoms with E-state index in [0.717, 1.165) is 33.0 Å². The number of hydrogen-bond donors (Lipinski definition) is 0. The molecule has 6 rings (SSSR count). The van der Waals surface area contributed by atoms with Gasteiger partial charge in [-0.15, -0.1) is 11.3 Å². The average molecular weight is 541 g/mol. The topological polar surface area (TPSA) is 77.3 Å². The molecule has 0 aliphatic carbocycles. The molecule has 0 bridgehead atoms. The molecule has 1 amide bonds. The Kier molecular flexibility index (Phi) is 6.66. The van der Waals surface area contributed by atoms with E-state index < -0.39 is 11.7 Å². The third-order valence-electron chi connectivity index (χ3n) is 6.88. The van der Waals surface area contributed by atoms with Crippen LogP contribution in [0.5, 0.6) is 11.5 Å². The molecule has 1 unspecified atom stereocenters. The second-order valence-corrected chi connectivity index (χ2v) is 10.5. The largest absolute Gasteiger partial charge is 0.453 e. The summed E-state index contributed by atoms with van der Waals surface area (Å²) < 4.78 is 23.8. The molecule has 9 heteroatoms. The third-order valence-corrected chi connectivity index (χ3v) is 8.04. The number of carbonyl (C=O) groups excluding carboxylic acids is 2. The Morgan fingerprint density at radius 2 is 1.95 bits per heavy atom. The van der Waals surface area contributed by atoms with Crippen molar-refractivity contribution in [3.63, 3.8) is 0 Å². The van der Waals surface area contributed by atoms with Gasteiger partial charge in [0.25, 0.3) is 0 Å². The predicted molar refractivity (Wildman–Crippen MR) is 149 cm³/mol. The fourth-order valence-electron chi connectivity index (χ4n) is 4.80. The lowest BCUT2D eigenvalue weighted by atomic mass is 9.96. The van der Waals surface area contributed by atoms with E-state index in [1.807, 2.05) is 54.1 Å². The van der Waals surface area contributed by atoms with E-state index in [1.54, 1.807) is 29.6 Å². The molecular weight excluding hydrogens is 515 g/mol.